The highest BCUT2D eigenvalue weighted by atomic mass is 32.2. The van der Waals surface area contributed by atoms with Crippen LogP contribution in [0, 0.1) is 0 Å². The zero-order valence-corrected chi connectivity index (χ0v) is 13.1. The van der Waals surface area contributed by atoms with E-state index in [1.165, 1.54) is 0 Å². The average Bonchev–Trinajstić information content (AvgIpc) is 2.89. The lowest BCUT2D eigenvalue weighted by Gasteiger charge is -2.21. The van der Waals surface area contributed by atoms with Gasteiger partial charge in [0.2, 0.25) is 5.91 Å². The molecule has 0 bridgehead atoms. The summed E-state index contributed by atoms with van der Waals surface area (Å²) in [5.74, 6) is -0.167. The zero-order chi connectivity index (χ0) is 15.6. The van der Waals surface area contributed by atoms with Gasteiger partial charge in [0.05, 0.1) is 0 Å². The van der Waals surface area contributed by atoms with Gasteiger partial charge >= 0.3 is 0 Å². The molecule has 0 saturated heterocycles. The van der Waals surface area contributed by atoms with Gasteiger partial charge in [0.15, 0.2) is 5.58 Å². The van der Waals surface area contributed by atoms with Crippen molar-refractivity contribution in [3.63, 3.8) is 0 Å². The predicted molar refractivity (Wildman–Crippen MR) is 82.2 cm³/mol. The minimum absolute atomic E-state index is 0.0589. The Balaban J connectivity index is 2.27. The van der Waals surface area contributed by atoms with Crippen molar-refractivity contribution in [2.45, 2.75) is 31.2 Å². The molecule has 21 heavy (non-hydrogen) atoms. The number of hydrogen-bond acceptors (Lipinski definition) is 5. The second-order valence-corrected chi connectivity index (χ2v) is 6.31. The number of anilines is 1. The summed E-state index contributed by atoms with van der Waals surface area (Å²) in [4.78, 5) is 18.0. The molecule has 0 aliphatic rings. The molecule has 0 fully saturated rings. The van der Waals surface area contributed by atoms with E-state index in [9.17, 15) is 9.00 Å². The largest absolute Gasteiger partial charge is 0.430 e. The third-order valence-electron chi connectivity index (χ3n) is 3.31. The van der Waals surface area contributed by atoms with Crippen LogP contribution in [-0.4, -0.2) is 38.3 Å². The van der Waals surface area contributed by atoms with E-state index in [-0.39, 0.29) is 11.1 Å². The molecule has 2 unspecified atom stereocenters. The van der Waals surface area contributed by atoms with E-state index in [4.69, 9.17) is 10.2 Å². The van der Waals surface area contributed by atoms with E-state index >= 15 is 0 Å². The number of nitrogen functional groups attached to an aromatic ring is 1. The zero-order valence-electron chi connectivity index (χ0n) is 12.3. The number of rotatable bonds is 5. The maximum absolute atomic E-state index is 12.5. The summed E-state index contributed by atoms with van der Waals surface area (Å²) in [7, 11) is -1.63. The first-order chi connectivity index (χ1) is 9.97. The van der Waals surface area contributed by atoms with Gasteiger partial charge in [0.25, 0.3) is 5.22 Å². The maximum atomic E-state index is 12.5. The molecule has 0 spiro atoms. The van der Waals surface area contributed by atoms with Gasteiger partial charge in [-0.15, -0.1) is 0 Å². The van der Waals surface area contributed by atoms with Crippen molar-refractivity contribution in [2.24, 2.45) is 0 Å². The smallest absolute Gasteiger partial charge is 0.288 e. The fourth-order valence-electron chi connectivity index (χ4n) is 2.04. The number of oxazole rings is 1. The highest BCUT2D eigenvalue weighted by Gasteiger charge is 2.28. The number of amides is 1. The molecule has 1 aromatic carbocycles. The fraction of sp³-hybridized carbons (Fsp3) is 0.429. The molecule has 2 rings (SSSR count). The highest BCUT2D eigenvalue weighted by molar-refractivity contribution is 7.86. The van der Waals surface area contributed by atoms with Gasteiger partial charge < -0.3 is 15.1 Å². The van der Waals surface area contributed by atoms with Gasteiger partial charge in [-0.3, -0.25) is 4.79 Å². The summed E-state index contributed by atoms with van der Waals surface area (Å²) >= 11 is 0. The van der Waals surface area contributed by atoms with Crippen LogP contribution < -0.4 is 5.73 Å². The van der Waals surface area contributed by atoms with E-state index in [1.807, 2.05) is 13.8 Å². The first-order valence-electron chi connectivity index (χ1n) is 6.83. The summed E-state index contributed by atoms with van der Waals surface area (Å²) in [5, 5.41) is -0.640. The standard InChI is InChI=1S/C14H19N3O3S/c1-4-17(5-2)13(18)9(3)21(19)14-16-11-8-10(15)6-7-12(11)20-14/h6-9H,4-5,15H2,1-3H3. The molecule has 0 radical (unpaired) electrons. The first-order valence-corrected chi connectivity index (χ1v) is 8.04. The Bertz CT molecular complexity index is 679. The van der Waals surface area contributed by atoms with Crippen LogP contribution in [0.25, 0.3) is 11.1 Å². The molecular weight excluding hydrogens is 290 g/mol. The van der Waals surface area contributed by atoms with Crippen LogP contribution in [0.1, 0.15) is 20.8 Å². The van der Waals surface area contributed by atoms with Gasteiger partial charge in [0, 0.05) is 18.8 Å². The lowest BCUT2D eigenvalue weighted by atomic mass is 10.3. The van der Waals surface area contributed by atoms with Crippen molar-refractivity contribution >= 4 is 33.5 Å². The average molecular weight is 309 g/mol. The van der Waals surface area contributed by atoms with Crippen LogP contribution in [-0.2, 0) is 15.6 Å². The summed E-state index contributed by atoms with van der Waals surface area (Å²) in [5.41, 5.74) is 7.28. The van der Waals surface area contributed by atoms with Gasteiger partial charge in [-0.2, -0.15) is 0 Å². The molecule has 0 saturated carbocycles. The molecule has 1 aromatic heterocycles. The summed E-state index contributed by atoms with van der Waals surface area (Å²) in [6.07, 6.45) is 0. The third kappa shape index (κ3) is 3.07. The Morgan fingerprint density at radius 3 is 2.71 bits per heavy atom. The number of hydrogen-bond donors (Lipinski definition) is 1. The van der Waals surface area contributed by atoms with Gasteiger partial charge in [-0.1, -0.05) is 0 Å². The van der Waals surface area contributed by atoms with E-state index in [1.54, 1.807) is 30.0 Å². The summed E-state index contributed by atoms with van der Waals surface area (Å²) < 4.78 is 17.9. The van der Waals surface area contributed by atoms with Crippen LogP contribution >= 0.6 is 0 Å². The number of carbonyl (C=O) groups is 1. The molecule has 114 valence electrons. The Morgan fingerprint density at radius 1 is 1.43 bits per heavy atom. The monoisotopic (exact) mass is 309 g/mol. The minimum Gasteiger partial charge on any atom is -0.430 e. The second-order valence-electron chi connectivity index (χ2n) is 4.66. The summed E-state index contributed by atoms with van der Waals surface area (Å²) in [6.45, 7) is 6.57. The molecule has 2 aromatic rings. The van der Waals surface area contributed by atoms with Crippen molar-refractivity contribution in [2.75, 3.05) is 18.8 Å². The quantitative estimate of drug-likeness (QED) is 0.850. The van der Waals surface area contributed by atoms with Crippen molar-refractivity contribution in [1.29, 1.82) is 0 Å². The highest BCUT2D eigenvalue weighted by Crippen LogP contribution is 2.22. The van der Waals surface area contributed by atoms with Gasteiger partial charge in [0.1, 0.15) is 21.6 Å². The molecular formula is C14H19N3O3S. The van der Waals surface area contributed by atoms with E-state index in [2.05, 4.69) is 4.98 Å². The topological polar surface area (TPSA) is 89.4 Å². The van der Waals surface area contributed by atoms with Crippen LogP contribution in [0.3, 0.4) is 0 Å². The Labute approximate surface area is 125 Å². The number of carbonyl (C=O) groups excluding carboxylic acids is 1. The second kappa shape index (κ2) is 6.26. The maximum Gasteiger partial charge on any atom is 0.288 e. The van der Waals surface area contributed by atoms with Crippen molar-refractivity contribution in [3.8, 4) is 0 Å². The molecule has 2 atom stereocenters. The van der Waals surface area contributed by atoms with Crippen LogP contribution in [0.2, 0.25) is 0 Å². The number of aromatic nitrogens is 1. The lowest BCUT2D eigenvalue weighted by molar-refractivity contribution is -0.130. The summed E-state index contributed by atoms with van der Waals surface area (Å²) in [6, 6.07) is 5.01. The van der Waals surface area contributed by atoms with E-state index in [0.29, 0.717) is 29.9 Å². The molecule has 1 heterocycles. The van der Waals surface area contributed by atoms with Crippen molar-refractivity contribution in [3.05, 3.63) is 18.2 Å². The molecule has 7 heteroatoms. The number of fused-ring (bicyclic) bond motifs is 1. The normalized spacial score (nSPS) is 14.0. The number of benzene rings is 1. The SMILES string of the molecule is CCN(CC)C(=O)C(C)S(=O)c1nc2cc(N)ccc2o1. The minimum atomic E-state index is -1.63. The molecule has 0 aliphatic carbocycles. The molecule has 0 aliphatic heterocycles. The Hall–Kier alpha value is -1.89. The van der Waals surface area contributed by atoms with Crippen LogP contribution in [0.15, 0.2) is 27.8 Å². The predicted octanol–water partition coefficient (Wildman–Crippen LogP) is 1.77. The van der Waals surface area contributed by atoms with Crippen molar-refractivity contribution < 1.29 is 13.4 Å². The van der Waals surface area contributed by atoms with E-state index in [0.717, 1.165) is 0 Å². The van der Waals surface area contributed by atoms with Crippen molar-refractivity contribution in [1.82, 2.24) is 9.88 Å². The number of nitrogens with two attached hydrogens (primary N) is 1. The van der Waals surface area contributed by atoms with Crippen LogP contribution in [0.5, 0.6) is 0 Å². The molecule has 6 nitrogen and oxygen atoms in total. The fourth-order valence-corrected chi connectivity index (χ4v) is 3.04. The Kier molecular flexibility index (Phi) is 4.62. The Morgan fingerprint density at radius 2 is 2.10 bits per heavy atom. The lowest BCUT2D eigenvalue weighted by Crippen LogP contribution is -2.39. The van der Waals surface area contributed by atoms with E-state index < -0.39 is 16.0 Å². The molecule has 1 amide bonds. The third-order valence-corrected chi connectivity index (χ3v) is 4.67. The van der Waals surface area contributed by atoms with Gasteiger partial charge in [-0.05, 0) is 39.0 Å². The van der Waals surface area contributed by atoms with Crippen LogP contribution in [0.4, 0.5) is 5.69 Å². The molecule has 2 N–H and O–H groups in total. The number of nitrogens with zero attached hydrogens (tertiary/aromatic N) is 2. The first kappa shape index (κ1) is 15.5. The van der Waals surface area contributed by atoms with Gasteiger partial charge in [-0.25, -0.2) is 9.19 Å².